The van der Waals surface area contributed by atoms with Gasteiger partial charge in [0.05, 0.1) is 5.52 Å². The van der Waals surface area contributed by atoms with Crippen LogP contribution < -0.4 is 0 Å². The summed E-state index contributed by atoms with van der Waals surface area (Å²) in [5.74, 6) is 0. The van der Waals surface area contributed by atoms with Gasteiger partial charge in [-0.2, -0.15) is 0 Å². The molecule has 2 heterocycles. The summed E-state index contributed by atoms with van der Waals surface area (Å²) >= 11 is 0. The minimum Gasteiger partial charge on any atom is -0.365 e. The average Bonchev–Trinajstić information content (AvgIpc) is 2.15. The van der Waals surface area contributed by atoms with Crippen LogP contribution in [-0.4, -0.2) is 9.97 Å². The van der Waals surface area contributed by atoms with E-state index in [1.165, 1.54) is 10.9 Å². The predicted octanol–water partition coefficient (Wildman–Crippen LogP) is 1.61. The number of nitrogens with one attached hydrogen (secondary N) is 2. The Morgan fingerprint density at radius 2 is 2.38 bits per heavy atom. The van der Waals surface area contributed by atoms with Crippen LogP contribution in [0.25, 0.3) is 10.9 Å². The van der Waals surface area contributed by atoms with Crippen molar-refractivity contribution in [3.05, 3.63) is 24.7 Å². The Labute approximate surface area is 48.0 Å². The zero-order chi connectivity index (χ0) is 5.40. The van der Waals surface area contributed by atoms with Crippen molar-refractivity contribution >= 4 is 10.9 Å². The summed E-state index contributed by atoms with van der Waals surface area (Å²) in [6.07, 6.45) is 5.83. The highest BCUT2D eigenvalue weighted by atomic mass is 14.7. The van der Waals surface area contributed by atoms with Crippen molar-refractivity contribution in [2.45, 2.75) is 0 Å². The molecule has 0 saturated carbocycles. The van der Waals surface area contributed by atoms with Crippen molar-refractivity contribution in [2.24, 2.45) is 0 Å². The second kappa shape index (κ2) is 1.15. The van der Waals surface area contributed by atoms with Gasteiger partial charge in [0.2, 0.25) is 0 Å². The van der Waals surface area contributed by atoms with Gasteiger partial charge < -0.3 is 9.97 Å². The lowest BCUT2D eigenvalue weighted by atomic mass is 10.4. The molecular formula is C6H7N2+. The molecule has 0 saturated heterocycles. The molecular weight excluding hydrogens is 100 g/mol. The third-order valence-corrected chi connectivity index (χ3v) is 1.28. The SMILES string of the molecule is [H+].c1cc2c[nH]cc2[nH]1. The monoisotopic (exact) mass is 107 g/mol. The molecule has 8 heavy (non-hydrogen) atoms. The Bertz CT molecular complexity index is 232. The van der Waals surface area contributed by atoms with Gasteiger partial charge in [-0.25, -0.2) is 0 Å². The maximum atomic E-state index is 3.07. The quantitative estimate of drug-likeness (QED) is 0.512. The number of aromatic nitrogens is 2. The maximum absolute atomic E-state index is 3.07. The Morgan fingerprint density at radius 3 is 3.25 bits per heavy atom. The van der Waals surface area contributed by atoms with Gasteiger partial charge in [0, 0.05) is 24.0 Å². The molecule has 0 fully saturated rings. The second-order valence-electron chi connectivity index (χ2n) is 1.80. The van der Waals surface area contributed by atoms with E-state index in [0.717, 1.165) is 0 Å². The molecule has 0 aliphatic heterocycles. The first kappa shape index (κ1) is 3.78. The summed E-state index contributed by atoms with van der Waals surface area (Å²) in [5, 5.41) is 1.24. The van der Waals surface area contributed by atoms with E-state index in [4.69, 9.17) is 0 Å². The first-order valence-electron chi connectivity index (χ1n) is 2.57. The highest BCUT2D eigenvalue weighted by Gasteiger charge is 1.88. The number of H-pyrrole nitrogens is 2. The summed E-state index contributed by atoms with van der Waals surface area (Å²) < 4.78 is 0. The highest BCUT2D eigenvalue weighted by Crippen LogP contribution is 2.08. The maximum Gasteiger partial charge on any atom is 1.00 e. The summed E-state index contributed by atoms with van der Waals surface area (Å²) in [6.45, 7) is 0. The van der Waals surface area contributed by atoms with Gasteiger partial charge in [0.25, 0.3) is 0 Å². The summed E-state index contributed by atoms with van der Waals surface area (Å²) in [4.78, 5) is 6.05. The van der Waals surface area contributed by atoms with Crippen LogP contribution in [0, 0.1) is 0 Å². The molecule has 2 nitrogen and oxygen atoms in total. The van der Waals surface area contributed by atoms with E-state index < -0.39 is 0 Å². The zero-order valence-electron chi connectivity index (χ0n) is 5.31. The van der Waals surface area contributed by atoms with Gasteiger partial charge in [0.1, 0.15) is 0 Å². The molecule has 0 aliphatic rings. The molecule has 0 unspecified atom stereocenters. The Hall–Kier alpha value is -1.18. The van der Waals surface area contributed by atoms with Crippen LogP contribution in [-0.2, 0) is 0 Å². The van der Waals surface area contributed by atoms with Gasteiger partial charge in [-0.1, -0.05) is 0 Å². The van der Waals surface area contributed by atoms with E-state index in [1.54, 1.807) is 0 Å². The third kappa shape index (κ3) is 0.320. The molecule has 2 aromatic rings. The van der Waals surface area contributed by atoms with Gasteiger partial charge in [-0.15, -0.1) is 0 Å². The molecule has 2 N–H and O–H groups in total. The lowest BCUT2D eigenvalue weighted by molar-refractivity contribution is 1.39. The fourth-order valence-electron chi connectivity index (χ4n) is 0.860. The Morgan fingerprint density at radius 1 is 1.38 bits per heavy atom. The van der Waals surface area contributed by atoms with Crippen LogP contribution in [0.15, 0.2) is 24.7 Å². The molecule has 0 aliphatic carbocycles. The second-order valence-corrected chi connectivity index (χ2v) is 1.80. The largest absolute Gasteiger partial charge is 1.00 e. The van der Waals surface area contributed by atoms with Gasteiger partial charge in [0.15, 0.2) is 0 Å². The Balaban J connectivity index is 0.000000405. The van der Waals surface area contributed by atoms with Crippen LogP contribution in [0.2, 0.25) is 0 Å². The topological polar surface area (TPSA) is 31.6 Å². The van der Waals surface area contributed by atoms with Crippen LogP contribution in [0.5, 0.6) is 0 Å². The first-order valence-corrected chi connectivity index (χ1v) is 2.57. The average molecular weight is 107 g/mol. The predicted molar refractivity (Wildman–Crippen MR) is 33.8 cm³/mol. The van der Waals surface area contributed by atoms with Gasteiger partial charge >= 0.3 is 1.43 Å². The van der Waals surface area contributed by atoms with Crippen molar-refractivity contribution in [3.8, 4) is 0 Å². The highest BCUT2D eigenvalue weighted by molar-refractivity contribution is 5.78. The standard InChI is InChI=1S/C6H6N2/c1-2-8-6-4-7-3-5(1)6/h1-4,7-8H/p+1. The minimum atomic E-state index is 0. The van der Waals surface area contributed by atoms with E-state index in [-0.39, 0.29) is 1.43 Å². The van der Waals surface area contributed by atoms with Crippen LogP contribution in [0.4, 0.5) is 0 Å². The molecule has 0 spiro atoms. The van der Waals surface area contributed by atoms with Crippen LogP contribution >= 0.6 is 0 Å². The molecule has 0 bridgehead atoms. The van der Waals surface area contributed by atoms with Crippen molar-refractivity contribution in [1.29, 1.82) is 0 Å². The smallest absolute Gasteiger partial charge is 0.365 e. The molecule has 0 aromatic carbocycles. The molecule has 0 atom stereocenters. The van der Waals surface area contributed by atoms with E-state index in [1.807, 2.05) is 24.7 Å². The molecule has 0 amide bonds. The lowest BCUT2D eigenvalue weighted by Crippen LogP contribution is -1.52. The van der Waals surface area contributed by atoms with E-state index in [2.05, 4.69) is 9.97 Å². The third-order valence-electron chi connectivity index (χ3n) is 1.28. The van der Waals surface area contributed by atoms with E-state index in [9.17, 15) is 0 Å². The summed E-state index contributed by atoms with van der Waals surface area (Å²) in [5.41, 5.74) is 1.17. The zero-order valence-corrected chi connectivity index (χ0v) is 4.31. The number of hydrogen-bond donors (Lipinski definition) is 2. The number of aromatic amines is 2. The normalized spacial score (nSPS) is 10.5. The molecule has 0 radical (unpaired) electrons. The fourth-order valence-corrected chi connectivity index (χ4v) is 0.860. The van der Waals surface area contributed by atoms with Crippen molar-refractivity contribution < 1.29 is 1.43 Å². The fraction of sp³-hybridized carbons (Fsp3) is 0. The molecule has 2 aromatic heterocycles. The number of fused-ring (bicyclic) bond motifs is 1. The molecule has 2 heteroatoms. The lowest BCUT2D eigenvalue weighted by Gasteiger charge is -1.66. The Kier molecular flexibility index (Phi) is 0.545. The first-order chi connectivity index (χ1) is 3.97. The van der Waals surface area contributed by atoms with Gasteiger partial charge in [-0.3, -0.25) is 0 Å². The van der Waals surface area contributed by atoms with Crippen molar-refractivity contribution in [1.82, 2.24) is 9.97 Å². The van der Waals surface area contributed by atoms with E-state index >= 15 is 0 Å². The molecule has 2 rings (SSSR count). The van der Waals surface area contributed by atoms with Crippen LogP contribution in [0.1, 0.15) is 1.43 Å². The van der Waals surface area contributed by atoms with Crippen molar-refractivity contribution in [3.63, 3.8) is 0 Å². The molecule has 40 valence electrons. The number of rotatable bonds is 0. The summed E-state index contributed by atoms with van der Waals surface area (Å²) in [7, 11) is 0. The van der Waals surface area contributed by atoms with Gasteiger partial charge in [-0.05, 0) is 6.07 Å². The van der Waals surface area contributed by atoms with Crippen molar-refractivity contribution in [2.75, 3.05) is 0 Å². The minimum absolute atomic E-state index is 0. The summed E-state index contributed by atoms with van der Waals surface area (Å²) in [6, 6.07) is 2.03. The van der Waals surface area contributed by atoms with Crippen LogP contribution in [0.3, 0.4) is 0 Å². The number of hydrogen-bond acceptors (Lipinski definition) is 0. The van der Waals surface area contributed by atoms with E-state index in [0.29, 0.717) is 0 Å².